The van der Waals surface area contributed by atoms with Gasteiger partial charge in [-0.15, -0.1) is 0 Å². The van der Waals surface area contributed by atoms with Crippen molar-refractivity contribution in [1.29, 1.82) is 0 Å². The molecule has 0 aromatic heterocycles. The van der Waals surface area contributed by atoms with Crippen molar-refractivity contribution < 1.29 is 14.3 Å². The van der Waals surface area contributed by atoms with Crippen LogP contribution in [-0.2, 0) is 14.3 Å². The van der Waals surface area contributed by atoms with Gasteiger partial charge in [-0.3, -0.25) is 9.59 Å². The SMILES string of the molecule is Cc1cc(I)ccc1NC(=O)COC(=O)CC1CC2CCC1C2. The number of carbonyl (C=O) groups excluding carboxylic acids is 2. The van der Waals surface area contributed by atoms with Gasteiger partial charge in [-0.25, -0.2) is 0 Å². The maximum Gasteiger partial charge on any atom is 0.306 e. The molecule has 3 rings (SSSR count). The molecule has 0 saturated heterocycles. The number of esters is 1. The van der Waals surface area contributed by atoms with E-state index >= 15 is 0 Å². The van der Waals surface area contributed by atoms with Crippen LogP contribution in [0.15, 0.2) is 18.2 Å². The fraction of sp³-hybridized carbons (Fsp3) is 0.556. The molecule has 5 heteroatoms. The monoisotopic (exact) mass is 427 g/mol. The van der Waals surface area contributed by atoms with Gasteiger partial charge >= 0.3 is 5.97 Å². The van der Waals surface area contributed by atoms with Gasteiger partial charge < -0.3 is 10.1 Å². The van der Waals surface area contributed by atoms with E-state index in [1.165, 1.54) is 19.3 Å². The number of amides is 1. The summed E-state index contributed by atoms with van der Waals surface area (Å²) in [6.07, 6.45) is 5.50. The van der Waals surface area contributed by atoms with Crippen LogP contribution >= 0.6 is 22.6 Å². The molecule has 1 aromatic carbocycles. The lowest BCUT2D eigenvalue weighted by Gasteiger charge is -2.20. The summed E-state index contributed by atoms with van der Waals surface area (Å²) in [5, 5.41) is 2.79. The van der Waals surface area contributed by atoms with Crippen LogP contribution in [0.2, 0.25) is 0 Å². The molecular formula is C18H22INO3. The third-order valence-electron chi connectivity index (χ3n) is 5.14. The first-order chi connectivity index (χ1) is 11.0. The molecule has 0 heterocycles. The Bertz CT molecular complexity index is 616. The van der Waals surface area contributed by atoms with Gasteiger partial charge in [0.05, 0.1) is 0 Å². The smallest absolute Gasteiger partial charge is 0.306 e. The second-order valence-corrected chi connectivity index (χ2v) is 8.05. The zero-order valence-corrected chi connectivity index (χ0v) is 15.5. The lowest BCUT2D eigenvalue weighted by molar-refractivity contribution is -0.148. The Morgan fingerprint density at radius 2 is 2.13 bits per heavy atom. The molecule has 2 saturated carbocycles. The summed E-state index contributed by atoms with van der Waals surface area (Å²) in [5.41, 5.74) is 1.76. The normalized spacial score (nSPS) is 25.4. The van der Waals surface area contributed by atoms with Crippen LogP contribution in [0.3, 0.4) is 0 Å². The summed E-state index contributed by atoms with van der Waals surface area (Å²) in [7, 11) is 0. The first kappa shape index (κ1) is 16.7. The van der Waals surface area contributed by atoms with E-state index in [2.05, 4.69) is 27.9 Å². The van der Waals surface area contributed by atoms with Crippen LogP contribution in [0.4, 0.5) is 5.69 Å². The highest BCUT2D eigenvalue weighted by Gasteiger charge is 2.40. The maximum atomic E-state index is 11.9. The second kappa shape index (κ2) is 7.20. The number of benzene rings is 1. The van der Waals surface area contributed by atoms with Crippen molar-refractivity contribution >= 4 is 40.2 Å². The topological polar surface area (TPSA) is 55.4 Å². The maximum absolute atomic E-state index is 11.9. The highest BCUT2D eigenvalue weighted by molar-refractivity contribution is 14.1. The largest absolute Gasteiger partial charge is 0.456 e. The molecule has 2 fully saturated rings. The molecule has 2 aliphatic carbocycles. The summed E-state index contributed by atoms with van der Waals surface area (Å²) in [6.45, 7) is 1.74. The minimum atomic E-state index is -0.282. The molecule has 4 nitrogen and oxygen atoms in total. The molecule has 1 N–H and O–H groups in total. The van der Waals surface area contributed by atoms with E-state index in [4.69, 9.17) is 4.74 Å². The molecule has 0 radical (unpaired) electrons. The number of ether oxygens (including phenoxy) is 1. The Labute approximate surface area is 150 Å². The third kappa shape index (κ3) is 4.25. The highest BCUT2D eigenvalue weighted by Crippen LogP contribution is 2.49. The molecule has 1 aromatic rings. The van der Waals surface area contributed by atoms with Crippen molar-refractivity contribution in [1.82, 2.24) is 0 Å². The van der Waals surface area contributed by atoms with Crippen molar-refractivity contribution in [3.8, 4) is 0 Å². The molecule has 23 heavy (non-hydrogen) atoms. The van der Waals surface area contributed by atoms with Crippen molar-refractivity contribution in [2.75, 3.05) is 11.9 Å². The molecule has 124 valence electrons. The van der Waals surface area contributed by atoms with Crippen LogP contribution in [0, 0.1) is 28.2 Å². The zero-order valence-electron chi connectivity index (χ0n) is 13.3. The van der Waals surface area contributed by atoms with E-state index in [0.29, 0.717) is 18.3 Å². The molecule has 0 aliphatic heterocycles. The summed E-state index contributed by atoms with van der Waals surface area (Å²) in [6, 6.07) is 5.80. The van der Waals surface area contributed by atoms with E-state index in [-0.39, 0.29) is 18.5 Å². The van der Waals surface area contributed by atoms with E-state index in [1.807, 2.05) is 25.1 Å². The summed E-state index contributed by atoms with van der Waals surface area (Å²) >= 11 is 2.23. The predicted octanol–water partition coefficient (Wildman–Crippen LogP) is 3.91. The van der Waals surface area contributed by atoms with Crippen molar-refractivity contribution in [2.24, 2.45) is 17.8 Å². The number of fused-ring (bicyclic) bond motifs is 2. The van der Waals surface area contributed by atoms with Crippen LogP contribution in [0.25, 0.3) is 0 Å². The Kier molecular flexibility index (Phi) is 5.24. The lowest BCUT2D eigenvalue weighted by atomic mass is 9.86. The molecule has 0 spiro atoms. The van der Waals surface area contributed by atoms with Crippen molar-refractivity contribution in [3.05, 3.63) is 27.3 Å². The summed E-state index contributed by atoms with van der Waals surface area (Å²) < 4.78 is 6.28. The van der Waals surface area contributed by atoms with Crippen LogP contribution in [0.5, 0.6) is 0 Å². The van der Waals surface area contributed by atoms with Gasteiger partial charge in [-0.05, 0) is 90.3 Å². The van der Waals surface area contributed by atoms with Crippen LogP contribution in [-0.4, -0.2) is 18.5 Å². The zero-order chi connectivity index (χ0) is 16.4. The van der Waals surface area contributed by atoms with E-state index in [9.17, 15) is 9.59 Å². The van der Waals surface area contributed by atoms with Gasteiger partial charge in [0.15, 0.2) is 6.61 Å². The quantitative estimate of drug-likeness (QED) is 0.573. The van der Waals surface area contributed by atoms with Gasteiger partial charge in [-0.1, -0.05) is 6.42 Å². The van der Waals surface area contributed by atoms with E-state index in [1.54, 1.807) is 0 Å². The van der Waals surface area contributed by atoms with Crippen LogP contribution in [0.1, 0.15) is 37.7 Å². The Hall–Kier alpha value is -1.11. The fourth-order valence-electron chi connectivity index (χ4n) is 4.00. The van der Waals surface area contributed by atoms with Gasteiger partial charge in [-0.2, -0.15) is 0 Å². The lowest BCUT2D eigenvalue weighted by Crippen LogP contribution is -2.23. The third-order valence-corrected chi connectivity index (χ3v) is 5.81. The van der Waals surface area contributed by atoms with E-state index in [0.717, 1.165) is 27.2 Å². The number of carbonyl (C=O) groups is 2. The Morgan fingerprint density at radius 3 is 2.78 bits per heavy atom. The minimum Gasteiger partial charge on any atom is -0.456 e. The number of anilines is 1. The average Bonchev–Trinajstić information content (AvgIpc) is 3.11. The van der Waals surface area contributed by atoms with Crippen molar-refractivity contribution in [3.63, 3.8) is 0 Å². The predicted molar refractivity (Wildman–Crippen MR) is 97.0 cm³/mol. The van der Waals surface area contributed by atoms with Crippen molar-refractivity contribution in [2.45, 2.75) is 39.0 Å². The van der Waals surface area contributed by atoms with Gasteiger partial charge in [0.1, 0.15) is 0 Å². The van der Waals surface area contributed by atoms with Crippen LogP contribution < -0.4 is 5.32 Å². The molecule has 3 atom stereocenters. The minimum absolute atomic E-state index is 0.203. The standard InChI is InChI=1S/C18H22INO3/c1-11-6-15(19)4-5-16(11)20-17(21)10-23-18(22)9-14-8-12-2-3-13(14)7-12/h4-6,12-14H,2-3,7-10H2,1H3,(H,20,21). The average molecular weight is 427 g/mol. The molecular weight excluding hydrogens is 405 g/mol. The van der Waals surface area contributed by atoms with E-state index < -0.39 is 0 Å². The summed E-state index contributed by atoms with van der Waals surface area (Å²) in [5.74, 6) is 1.48. The number of nitrogens with one attached hydrogen (secondary N) is 1. The second-order valence-electron chi connectivity index (χ2n) is 6.81. The molecule has 1 amide bonds. The van der Waals surface area contributed by atoms with Gasteiger partial charge in [0.25, 0.3) is 5.91 Å². The summed E-state index contributed by atoms with van der Waals surface area (Å²) in [4.78, 5) is 23.9. The number of hydrogen-bond acceptors (Lipinski definition) is 3. The molecule has 2 bridgehead atoms. The fourth-order valence-corrected chi connectivity index (χ4v) is 4.65. The Balaban J connectivity index is 1.42. The number of halogens is 1. The first-order valence-corrected chi connectivity index (χ1v) is 9.30. The number of aryl methyl sites for hydroxylation is 1. The van der Waals surface area contributed by atoms with Gasteiger partial charge in [0, 0.05) is 15.7 Å². The first-order valence-electron chi connectivity index (χ1n) is 8.23. The molecule has 2 aliphatic rings. The Morgan fingerprint density at radius 1 is 1.30 bits per heavy atom. The highest BCUT2D eigenvalue weighted by atomic mass is 127. The molecule has 3 unspecified atom stereocenters. The van der Waals surface area contributed by atoms with Gasteiger partial charge in [0.2, 0.25) is 0 Å². The number of hydrogen-bond donors (Lipinski definition) is 1. The number of rotatable bonds is 5.